The smallest absolute Gasteiger partial charge is 0.338 e. The van der Waals surface area contributed by atoms with Crippen LogP contribution in [0.25, 0.3) is 0 Å². The molecule has 32 heavy (non-hydrogen) atoms. The number of amides is 3. The number of nitrogens with one attached hydrogen (secondary N) is 1. The molecule has 8 heteroatoms. The third-order valence-electron chi connectivity index (χ3n) is 6.27. The van der Waals surface area contributed by atoms with Gasteiger partial charge in [0.25, 0.3) is 5.91 Å². The Morgan fingerprint density at radius 3 is 2.31 bits per heavy atom. The molecule has 2 aromatic rings. The summed E-state index contributed by atoms with van der Waals surface area (Å²) in [4.78, 5) is 51.6. The Morgan fingerprint density at radius 1 is 1.00 bits per heavy atom. The number of carbonyl (C=O) groups is 4. The third kappa shape index (κ3) is 3.48. The summed E-state index contributed by atoms with van der Waals surface area (Å²) in [6.07, 6.45) is 4.91. The van der Waals surface area contributed by atoms with Crippen molar-refractivity contribution in [1.82, 2.24) is 0 Å². The van der Waals surface area contributed by atoms with E-state index in [-0.39, 0.29) is 41.0 Å². The van der Waals surface area contributed by atoms with Crippen LogP contribution < -0.4 is 10.2 Å². The topological polar surface area (TPSA) is 92.8 Å². The summed E-state index contributed by atoms with van der Waals surface area (Å²) < 4.78 is 5.10. The fourth-order valence-corrected chi connectivity index (χ4v) is 5.00. The molecule has 2 bridgehead atoms. The van der Waals surface area contributed by atoms with Crippen LogP contribution in [0.15, 0.2) is 60.7 Å². The van der Waals surface area contributed by atoms with Gasteiger partial charge in [-0.05, 0) is 60.7 Å². The Labute approximate surface area is 189 Å². The van der Waals surface area contributed by atoms with Crippen molar-refractivity contribution in [3.05, 3.63) is 71.3 Å². The summed E-state index contributed by atoms with van der Waals surface area (Å²) in [7, 11) is 0. The van der Waals surface area contributed by atoms with Crippen LogP contribution in [0.1, 0.15) is 16.8 Å². The van der Waals surface area contributed by atoms with E-state index in [4.69, 9.17) is 16.3 Å². The number of benzene rings is 2. The standard InChI is InChI=1S/C24H19ClN2O5/c25-16-6-8-17(9-7-16)26-19(28)12-32-24(31)15-2-1-3-18(11-15)27-22(29)20-13-4-5-14(10-13)21(20)23(27)30/h1-9,11,13-14,20-21H,10,12H2,(H,26,28)/t13-,14-,20-,21+/m0/s1. The number of imide groups is 1. The van der Waals surface area contributed by atoms with E-state index in [0.29, 0.717) is 16.4 Å². The molecule has 2 fully saturated rings. The van der Waals surface area contributed by atoms with Crippen LogP contribution in [0.2, 0.25) is 5.02 Å². The van der Waals surface area contributed by atoms with Crippen LogP contribution in [0.5, 0.6) is 0 Å². The summed E-state index contributed by atoms with van der Waals surface area (Å²) in [5.74, 6) is -2.07. The van der Waals surface area contributed by atoms with Crippen molar-refractivity contribution >= 4 is 46.7 Å². The van der Waals surface area contributed by atoms with Crippen LogP contribution in [-0.4, -0.2) is 30.3 Å². The van der Waals surface area contributed by atoms with Gasteiger partial charge in [0.15, 0.2) is 6.61 Å². The number of rotatable bonds is 5. The SMILES string of the molecule is O=C(COC(=O)c1cccc(N2C(=O)[C@@H]3[C@H](C2=O)[C@H]2C=C[C@H]3C2)c1)Nc1ccc(Cl)cc1. The zero-order chi connectivity index (χ0) is 22.4. The maximum atomic E-state index is 13.0. The molecule has 3 aliphatic rings. The van der Waals surface area contributed by atoms with Gasteiger partial charge in [-0.15, -0.1) is 0 Å². The second-order valence-electron chi connectivity index (χ2n) is 8.19. The van der Waals surface area contributed by atoms with Crippen molar-refractivity contribution in [2.45, 2.75) is 6.42 Å². The van der Waals surface area contributed by atoms with Crippen LogP contribution in [0.3, 0.4) is 0 Å². The summed E-state index contributed by atoms with van der Waals surface area (Å²) in [5.41, 5.74) is 1.02. The molecule has 4 atom stereocenters. The first-order valence-corrected chi connectivity index (χ1v) is 10.7. The molecule has 0 unspecified atom stereocenters. The van der Waals surface area contributed by atoms with E-state index in [1.807, 2.05) is 12.2 Å². The fraction of sp³-hybridized carbons (Fsp3) is 0.250. The molecule has 1 heterocycles. The Balaban J connectivity index is 1.25. The Bertz CT molecular complexity index is 1130. The van der Waals surface area contributed by atoms with Crippen molar-refractivity contribution in [2.24, 2.45) is 23.7 Å². The van der Waals surface area contributed by atoms with Crippen LogP contribution in [0.4, 0.5) is 11.4 Å². The second-order valence-corrected chi connectivity index (χ2v) is 8.63. The van der Waals surface area contributed by atoms with Crippen LogP contribution >= 0.6 is 11.6 Å². The summed E-state index contributed by atoms with van der Waals surface area (Å²) in [6.45, 7) is -0.480. The minimum Gasteiger partial charge on any atom is -0.452 e. The molecule has 1 aliphatic heterocycles. The van der Waals surface area contributed by atoms with Gasteiger partial charge in [0.1, 0.15) is 0 Å². The molecule has 1 saturated heterocycles. The lowest BCUT2D eigenvalue weighted by atomic mass is 9.85. The molecule has 7 nitrogen and oxygen atoms in total. The van der Waals surface area contributed by atoms with Gasteiger partial charge in [0.2, 0.25) is 11.8 Å². The number of hydrogen-bond donors (Lipinski definition) is 1. The predicted octanol–water partition coefficient (Wildman–Crippen LogP) is 3.45. The number of nitrogens with zero attached hydrogens (tertiary/aromatic N) is 1. The van der Waals surface area contributed by atoms with E-state index < -0.39 is 18.5 Å². The highest BCUT2D eigenvalue weighted by Crippen LogP contribution is 2.53. The van der Waals surface area contributed by atoms with E-state index in [2.05, 4.69) is 5.32 Å². The zero-order valence-electron chi connectivity index (χ0n) is 16.9. The molecule has 0 aromatic heterocycles. The molecular weight excluding hydrogens is 432 g/mol. The van der Waals surface area contributed by atoms with Gasteiger partial charge in [0, 0.05) is 10.7 Å². The van der Waals surface area contributed by atoms with Crippen LogP contribution in [-0.2, 0) is 19.1 Å². The molecular formula is C24H19ClN2O5. The van der Waals surface area contributed by atoms with E-state index in [9.17, 15) is 19.2 Å². The van der Waals surface area contributed by atoms with Crippen LogP contribution in [0, 0.1) is 23.7 Å². The molecule has 3 amide bonds. The minimum absolute atomic E-state index is 0.110. The summed E-state index contributed by atoms with van der Waals surface area (Å²) in [5, 5.41) is 3.14. The van der Waals surface area contributed by atoms with Gasteiger partial charge in [-0.1, -0.05) is 29.8 Å². The Morgan fingerprint density at radius 2 is 1.66 bits per heavy atom. The predicted molar refractivity (Wildman–Crippen MR) is 117 cm³/mol. The van der Waals surface area contributed by atoms with Crippen molar-refractivity contribution in [3.8, 4) is 0 Å². The van der Waals surface area contributed by atoms with Gasteiger partial charge >= 0.3 is 5.97 Å². The van der Waals surface area contributed by atoms with E-state index in [1.54, 1.807) is 36.4 Å². The normalized spacial score (nSPS) is 25.2. The molecule has 162 valence electrons. The average Bonchev–Trinajstić information content (AvgIpc) is 3.47. The van der Waals surface area contributed by atoms with Crippen molar-refractivity contribution < 1.29 is 23.9 Å². The number of carbonyl (C=O) groups excluding carboxylic acids is 4. The van der Waals surface area contributed by atoms with Crippen molar-refractivity contribution in [2.75, 3.05) is 16.8 Å². The molecule has 5 rings (SSSR count). The first-order valence-electron chi connectivity index (χ1n) is 10.3. The number of esters is 1. The number of fused-ring (bicyclic) bond motifs is 5. The maximum absolute atomic E-state index is 13.0. The van der Waals surface area contributed by atoms with Crippen molar-refractivity contribution in [3.63, 3.8) is 0 Å². The second kappa shape index (κ2) is 7.91. The zero-order valence-corrected chi connectivity index (χ0v) is 17.6. The first kappa shape index (κ1) is 20.5. The lowest BCUT2D eigenvalue weighted by Crippen LogP contribution is -2.33. The van der Waals surface area contributed by atoms with Gasteiger partial charge < -0.3 is 10.1 Å². The summed E-state index contributed by atoms with van der Waals surface area (Å²) >= 11 is 5.81. The summed E-state index contributed by atoms with van der Waals surface area (Å²) in [6, 6.07) is 12.7. The van der Waals surface area contributed by atoms with Gasteiger partial charge in [-0.2, -0.15) is 0 Å². The maximum Gasteiger partial charge on any atom is 0.338 e. The van der Waals surface area contributed by atoms with Gasteiger partial charge in [-0.3, -0.25) is 14.4 Å². The van der Waals surface area contributed by atoms with E-state index in [0.717, 1.165) is 6.42 Å². The third-order valence-corrected chi connectivity index (χ3v) is 6.52. The number of ether oxygens (including phenoxy) is 1. The minimum atomic E-state index is -0.723. The Kier molecular flexibility index (Phi) is 5.06. The first-order chi connectivity index (χ1) is 15.4. The van der Waals surface area contributed by atoms with Gasteiger partial charge in [0.05, 0.1) is 23.1 Å². The number of anilines is 2. The fourth-order valence-electron chi connectivity index (χ4n) is 4.87. The lowest BCUT2D eigenvalue weighted by Gasteiger charge is -2.18. The number of hydrogen-bond acceptors (Lipinski definition) is 5. The van der Waals surface area contributed by atoms with Crippen molar-refractivity contribution in [1.29, 1.82) is 0 Å². The van der Waals surface area contributed by atoms with Gasteiger partial charge in [-0.25, -0.2) is 9.69 Å². The number of allylic oxidation sites excluding steroid dienone is 2. The quantitative estimate of drug-likeness (QED) is 0.428. The molecule has 2 aliphatic carbocycles. The Hall–Kier alpha value is -3.45. The van der Waals surface area contributed by atoms with E-state index in [1.165, 1.54) is 17.0 Å². The molecule has 1 N–H and O–H groups in total. The highest BCUT2D eigenvalue weighted by molar-refractivity contribution is 6.30. The highest BCUT2D eigenvalue weighted by atomic mass is 35.5. The molecule has 1 saturated carbocycles. The molecule has 0 radical (unpaired) electrons. The largest absolute Gasteiger partial charge is 0.452 e. The average molecular weight is 451 g/mol. The highest BCUT2D eigenvalue weighted by Gasteiger charge is 2.59. The monoisotopic (exact) mass is 450 g/mol. The molecule has 0 spiro atoms. The van der Waals surface area contributed by atoms with E-state index >= 15 is 0 Å². The number of halogens is 1. The molecule has 2 aromatic carbocycles. The lowest BCUT2D eigenvalue weighted by molar-refractivity contribution is -0.123.